The summed E-state index contributed by atoms with van der Waals surface area (Å²) in [6.07, 6.45) is -4.26. The molecule has 35 heavy (non-hydrogen) atoms. The van der Waals surface area contributed by atoms with Gasteiger partial charge < -0.3 is 15.4 Å². The maximum absolute atomic E-state index is 13.8. The van der Waals surface area contributed by atoms with E-state index in [1.807, 2.05) is 0 Å². The van der Waals surface area contributed by atoms with Crippen LogP contribution in [-0.4, -0.2) is 47.6 Å². The minimum Gasteiger partial charge on any atom is -0.452 e. The van der Waals surface area contributed by atoms with E-state index in [0.717, 1.165) is 18.9 Å². The maximum Gasteiger partial charge on any atom is 0.409 e. The van der Waals surface area contributed by atoms with Crippen LogP contribution >= 0.6 is 0 Å². The van der Waals surface area contributed by atoms with Gasteiger partial charge in [-0.05, 0) is 37.1 Å². The van der Waals surface area contributed by atoms with Gasteiger partial charge in [-0.15, -0.1) is 0 Å². The normalized spacial score (nSPS) is 17.6. The largest absolute Gasteiger partial charge is 0.452 e. The molecule has 1 saturated carbocycles. The van der Waals surface area contributed by atoms with Crippen molar-refractivity contribution in [3.8, 4) is 0 Å². The minimum absolute atomic E-state index is 0.00157. The van der Waals surface area contributed by atoms with Crippen LogP contribution in [0.3, 0.4) is 0 Å². The van der Waals surface area contributed by atoms with Gasteiger partial charge in [0.05, 0.1) is 28.3 Å². The van der Waals surface area contributed by atoms with Gasteiger partial charge in [0, 0.05) is 12.1 Å². The molecule has 2 aromatic rings. The van der Waals surface area contributed by atoms with Gasteiger partial charge in [0.25, 0.3) is 11.6 Å². The van der Waals surface area contributed by atoms with E-state index in [4.69, 9.17) is 4.74 Å². The highest BCUT2D eigenvalue weighted by Gasteiger charge is 2.49. The molecule has 1 aliphatic carbocycles. The summed E-state index contributed by atoms with van der Waals surface area (Å²) >= 11 is 0. The van der Waals surface area contributed by atoms with Gasteiger partial charge in [-0.1, -0.05) is 12.1 Å². The number of rotatable bonds is 6. The fraction of sp³-hybridized carbons (Fsp3) is 0.318. The quantitative estimate of drug-likeness (QED) is 0.358. The van der Waals surface area contributed by atoms with Crippen LogP contribution in [0.2, 0.25) is 0 Å². The average molecular weight is 492 g/mol. The molecule has 2 amide bonds. The Morgan fingerprint density at radius 2 is 1.91 bits per heavy atom. The first-order valence-corrected chi connectivity index (χ1v) is 10.5. The second kappa shape index (κ2) is 9.24. The Labute approximate surface area is 196 Å². The van der Waals surface area contributed by atoms with Crippen molar-refractivity contribution in [1.29, 1.82) is 0 Å². The fourth-order valence-corrected chi connectivity index (χ4v) is 3.66. The Balaban J connectivity index is 1.54. The lowest BCUT2D eigenvalue weighted by atomic mass is 10.1. The highest BCUT2D eigenvalue weighted by molar-refractivity contribution is 6.05. The molecule has 0 aromatic heterocycles. The molecular formula is C22H19F3N4O6. The minimum atomic E-state index is -4.94. The summed E-state index contributed by atoms with van der Waals surface area (Å²) < 4.78 is 46.2. The smallest absolute Gasteiger partial charge is 0.409 e. The number of benzene rings is 2. The van der Waals surface area contributed by atoms with E-state index in [1.165, 1.54) is 36.4 Å². The molecule has 10 nitrogen and oxygen atoms in total. The molecule has 4 rings (SSSR count). The zero-order chi connectivity index (χ0) is 25.3. The average Bonchev–Trinajstić information content (AvgIpc) is 3.62. The predicted molar refractivity (Wildman–Crippen MR) is 117 cm³/mol. The first kappa shape index (κ1) is 24.0. The zero-order valence-corrected chi connectivity index (χ0v) is 18.0. The lowest BCUT2D eigenvalue weighted by Gasteiger charge is -2.31. The molecule has 1 fully saturated rings. The van der Waals surface area contributed by atoms with Gasteiger partial charge >= 0.3 is 12.1 Å². The second-order valence-electron chi connectivity index (χ2n) is 8.07. The molecule has 0 bridgehead atoms. The van der Waals surface area contributed by atoms with Crippen molar-refractivity contribution in [2.45, 2.75) is 37.5 Å². The van der Waals surface area contributed by atoms with E-state index >= 15 is 0 Å². The number of anilines is 3. The number of carbonyl (C=O) groups excluding carboxylic acids is 3. The number of nitro groups is 1. The number of ether oxygens (including phenoxy) is 1. The van der Waals surface area contributed by atoms with E-state index in [9.17, 15) is 37.7 Å². The number of nitrogens with zero attached hydrogens (tertiary/aromatic N) is 2. The maximum atomic E-state index is 13.8. The topological polar surface area (TPSA) is 131 Å². The van der Waals surface area contributed by atoms with Crippen molar-refractivity contribution < 1.29 is 37.2 Å². The summed E-state index contributed by atoms with van der Waals surface area (Å²) in [6, 6.07) is 6.64. The highest BCUT2D eigenvalue weighted by Crippen LogP contribution is 2.38. The van der Waals surface area contributed by atoms with Gasteiger partial charge in [-0.2, -0.15) is 13.2 Å². The molecule has 0 radical (unpaired) electrons. The predicted octanol–water partition coefficient (Wildman–Crippen LogP) is 3.63. The number of hydrogen-bond donors (Lipinski definition) is 2. The summed E-state index contributed by atoms with van der Waals surface area (Å²) in [4.78, 5) is 48.4. The zero-order valence-electron chi connectivity index (χ0n) is 18.0. The second-order valence-corrected chi connectivity index (χ2v) is 8.07. The van der Waals surface area contributed by atoms with E-state index in [0.29, 0.717) is 4.90 Å². The van der Waals surface area contributed by atoms with Crippen molar-refractivity contribution in [3.63, 3.8) is 0 Å². The Bertz CT molecular complexity index is 1200. The van der Waals surface area contributed by atoms with Crippen LogP contribution in [0.15, 0.2) is 42.5 Å². The molecule has 1 heterocycles. The van der Waals surface area contributed by atoms with Gasteiger partial charge in [-0.25, -0.2) is 4.79 Å². The van der Waals surface area contributed by atoms with Crippen molar-refractivity contribution in [2.24, 2.45) is 0 Å². The number of para-hydroxylation sites is 2. The molecule has 1 aliphatic heterocycles. The van der Waals surface area contributed by atoms with Gasteiger partial charge in [0.1, 0.15) is 11.7 Å². The van der Waals surface area contributed by atoms with Crippen LogP contribution < -0.4 is 15.5 Å². The molecule has 2 aromatic carbocycles. The first-order valence-electron chi connectivity index (χ1n) is 10.5. The molecular weight excluding hydrogens is 473 g/mol. The van der Waals surface area contributed by atoms with Crippen molar-refractivity contribution in [1.82, 2.24) is 0 Å². The number of amides is 2. The Morgan fingerprint density at radius 1 is 1.20 bits per heavy atom. The molecule has 13 heteroatoms. The standard InChI is InChI=1S/C22H19F3N4O6/c23-22(24,25)18-10-19(30)27-14-3-1-2-4-16(14)28(18)20(31)11-35-21(32)12-5-8-15(26-13-6-7-13)17(9-12)29(33)34/h1-5,8-9,13,18,26H,6-7,10-11H2,(H,27,30). The lowest BCUT2D eigenvalue weighted by molar-refractivity contribution is -0.384. The Kier molecular flexibility index (Phi) is 6.33. The highest BCUT2D eigenvalue weighted by atomic mass is 19.4. The number of nitro benzene ring substituents is 1. The summed E-state index contributed by atoms with van der Waals surface area (Å²) in [6.45, 7) is -1.08. The van der Waals surface area contributed by atoms with Crippen molar-refractivity contribution in [2.75, 3.05) is 22.1 Å². The van der Waals surface area contributed by atoms with Crippen LogP contribution in [0, 0.1) is 10.1 Å². The number of carbonyl (C=O) groups is 3. The molecule has 2 N–H and O–H groups in total. The number of nitrogens with one attached hydrogen (secondary N) is 2. The third-order valence-corrected chi connectivity index (χ3v) is 5.47. The van der Waals surface area contributed by atoms with Gasteiger partial charge in [-0.3, -0.25) is 24.6 Å². The van der Waals surface area contributed by atoms with Crippen LogP contribution in [-0.2, 0) is 14.3 Å². The van der Waals surface area contributed by atoms with E-state index < -0.39 is 48.0 Å². The summed E-state index contributed by atoms with van der Waals surface area (Å²) in [5, 5.41) is 16.7. The molecule has 1 unspecified atom stereocenters. The Hall–Kier alpha value is -4.16. The SMILES string of the molecule is O=C1CC(C(F)(F)F)N(C(=O)COC(=O)c2ccc(NC3CC3)c([N+](=O)[O-])c2)c2ccccc2N1. The number of hydrogen-bond acceptors (Lipinski definition) is 7. The number of fused-ring (bicyclic) bond motifs is 1. The number of halogens is 3. The first-order chi connectivity index (χ1) is 16.5. The number of alkyl halides is 3. The summed E-state index contributed by atoms with van der Waals surface area (Å²) in [5.74, 6) is -3.27. The molecule has 0 spiro atoms. The summed E-state index contributed by atoms with van der Waals surface area (Å²) in [5.41, 5.74) is -0.602. The van der Waals surface area contributed by atoms with Crippen molar-refractivity contribution >= 4 is 40.5 Å². The fourth-order valence-electron chi connectivity index (χ4n) is 3.66. The van der Waals surface area contributed by atoms with Crippen molar-refractivity contribution in [3.05, 3.63) is 58.1 Å². The van der Waals surface area contributed by atoms with Gasteiger partial charge in [0.2, 0.25) is 5.91 Å². The van der Waals surface area contributed by atoms with E-state index in [1.54, 1.807) is 0 Å². The van der Waals surface area contributed by atoms with E-state index in [-0.39, 0.29) is 34.4 Å². The molecule has 2 aliphatic rings. The third kappa shape index (κ3) is 5.34. The van der Waals surface area contributed by atoms with Gasteiger partial charge in [0.15, 0.2) is 6.61 Å². The number of esters is 1. The monoisotopic (exact) mass is 492 g/mol. The third-order valence-electron chi connectivity index (χ3n) is 5.47. The lowest BCUT2D eigenvalue weighted by Crippen LogP contribution is -2.51. The van der Waals surface area contributed by atoms with Crippen LogP contribution in [0.5, 0.6) is 0 Å². The van der Waals surface area contributed by atoms with Crippen LogP contribution in [0.25, 0.3) is 0 Å². The van der Waals surface area contributed by atoms with Crippen LogP contribution in [0.1, 0.15) is 29.6 Å². The molecule has 184 valence electrons. The Morgan fingerprint density at radius 3 is 2.57 bits per heavy atom. The van der Waals surface area contributed by atoms with Crippen LogP contribution in [0.4, 0.5) is 35.9 Å². The molecule has 1 atom stereocenters. The summed E-state index contributed by atoms with van der Waals surface area (Å²) in [7, 11) is 0. The molecule has 0 saturated heterocycles. The van der Waals surface area contributed by atoms with E-state index in [2.05, 4.69) is 10.6 Å².